The van der Waals surface area contributed by atoms with Crippen LogP contribution in [0.2, 0.25) is 0 Å². The molecule has 0 bridgehead atoms. The first-order chi connectivity index (χ1) is 12.0. The Morgan fingerprint density at radius 2 is 2.16 bits per heavy atom. The fraction of sp³-hybridized carbons (Fsp3) is 0.500. The normalized spacial score (nSPS) is 20.5. The molecule has 2 heterocycles. The van der Waals surface area contributed by atoms with Crippen LogP contribution in [-0.2, 0) is 17.8 Å². The second-order valence-corrected chi connectivity index (χ2v) is 7.62. The summed E-state index contributed by atoms with van der Waals surface area (Å²) in [7, 11) is 0. The number of benzene rings is 1. The van der Waals surface area contributed by atoms with E-state index in [1.54, 1.807) is 0 Å². The number of para-hydroxylation sites is 1. The van der Waals surface area contributed by atoms with Crippen molar-refractivity contribution in [2.24, 2.45) is 11.3 Å². The molecule has 4 rings (SSSR count). The molecular weight excluding hydrogens is 314 g/mol. The molecule has 5 heteroatoms. The number of rotatable bonds is 5. The quantitative estimate of drug-likeness (QED) is 0.911. The van der Waals surface area contributed by atoms with Crippen molar-refractivity contribution in [2.75, 3.05) is 13.2 Å². The summed E-state index contributed by atoms with van der Waals surface area (Å²) in [5.41, 5.74) is 3.53. The highest BCUT2D eigenvalue weighted by Gasteiger charge is 2.44. The average Bonchev–Trinajstić information content (AvgIpc) is 3.31. The van der Waals surface area contributed by atoms with Crippen molar-refractivity contribution < 1.29 is 9.53 Å². The molecule has 2 aromatic rings. The molecule has 1 aromatic heterocycles. The Kier molecular flexibility index (Phi) is 4.02. The highest BCUT2D eigenvalue weighted by molar-refractivity contribution is 5.79. The number of carbonyl (C=O) groups excluding carboxylic acids is 1. The molecule has 0 unspecified atom stereocenters. The molecule has 1 aliphatic heterocycles. The summed E-state index contributed by atoms with van der Waals surface area (Å²) in [6.45, 7) is 6.18. The summed E-state index contributed by atoms with van der Waals surface area (Å²) < 4.78 is 7.82. The number of amides is 1. The molecule has 0 radical (unpaired) electrons. The van der Waals surface area contributed by atoms with Gasteiger partial charge in [0.25, 0.3) is 0 Å². The number of hydrogen-bond acceptors (Lipinski definition) is 3. The van der Waals surface area contributed by atoms with Gasteiger partial charge in [0.1, 0.15) is 12.4 Å². The zero-order chi connectivity index (χ0) is 17.4. The van der Waals surface area contributed by atoms with Gasteiger partial charge in [0, 0.05) is 24.2 Å². The molecule has 1 amide bonds. The van der Waals surface area contributed by atoms with E-state index < -0.39 is 0 Å². The molecule has 0 spiro atoms. The van der Waals surface area contributed by atoms with Gasteiger partial charge in [-0.3, -0.25) is 9.48 Å². The second kappa shape index (κ2) is 6.21. The van der Waals surface area contributed by atoms with Gasteiger partial charge in [-0.25, -0.2) is 0 Å². The Balaban J connectivity index is 1.34. The van der Waals surface area contributed by atoms with Crippen LogP contribution < -0.4 is 10.1 Å². The fourth-order valence-corrected chi connectivity index (χ4v) is 3.64. The molecule has 132 valence electrons. The number of nitrogens with one attached hydrogen (secondary N) is 1. The molecule has 25 heavy (non-hydrogen) atoms. The molecule has 1 atom stereocenters. The Morgan fingerprint density at radius 3 is 2.88 bits per heavy atom. The lowest BCUT2D eigenvalue weighted by molar-refractivity contribution is -0.126. The third-order valence-electron chi connectivity index (χ3n) is 5.43. The van der Waals surface area contributed by atoms with Crippen LogP contribution in [0.3, 0.4) is 0 Å². The van der Waals surface area contributed by atoms with Crippen LogP contribution in [0.4, 0.5) is 0 Å². The summed E-state index contributed by atoms with van der Waals surface area (Å²) in [5.74, 6) is 0.920. The van der Waals surface area contributed by atoms with Gasteiger partial charge in [-0.1, -0.05) is 18.2 Å². The van der Waals surface area contributed by atoms with Crippen molar-refractivity contribution in [1.29, 1.82) is 0 Å². The first-order valence-electron chi connectivity index (χ1n) is 9.04. The lowest BCUT2D eigenvalue weighted by Crippen LogP contribution is -2.40. The van der Waals surface area contributed by atoms with Crippen LogP contribution >= 0.6 is 0 Å². The highest BCUT2D eigenvalue weighted by atomic mass is 16.5. The van der Waals surface area contributed by atoms with Gasteiger partial charge in [0.05, 0.1) is 11.6 Å². The first kappa shape index (κ1) is 16.2. The molecule has 1 saturated carbocycles. The second-order valence-electron chi connectivity index (χ2n) is 7.62. The van der Waals surface area contributed by atoms with E-state index in [1.807, 2.05) is 31.2 Å². The van der Waals surface area contributed by atoms with Gasteiger partial charge in [-0.05, 0) is 50.8 Å². The van der Waals surface area contributed by atoms with E-state index in [0.29, 0.717) is 6.61 Å². The van der Waals surface area contributed by atoms with Crippen molar-refractivity contribution in [2.45, 2.75) is 39.7 Å². The Bertz CT molecular complexity index is 792. The van der Waals surface area contributed by atoms with Crippen LogP contribution in [0.1, 0.15) is 29.8 Å². The molecule has 2 aliphatic rings. The van der Waals surface area contributed by atoms with Crippen LogP contribution in [-0.4, -0.2) is 28.8 Å². The lowest BCUT2D eigenvalue weighted by Gasteiger charge is -2.25. The van der Waals surface area contributed by atoms with Gasteiger partial charge in [0.15, 0.2) is 0 Å². The predicted molar refractivity (Wildman–Crippen MR) is 95.5 cm³/mol. The maximum atomic E-state index is 12.6. The Morgan fingerprint density at radius 1 is 1.36 bits per heavy atom. The van der Waals surface area contributed by atoms with E-state index in [4.69, 9.17) is 4.74 Å². The smallest absolute Gasteiger partial charge is 0.226 e. The van der Waals surface area contributed by atoms with E-state index in [1.165, 1.54) is 5.69 Å². The minimum atomic E-state index is -0.0978. The fourth-order valence-electron chi connectivity index (χ4n) is 3.64. The monoisotopic (exact) mass is 339 g/mol. The lowest BCUT2D eigenvalue weighted by atomic mass is 9.95. The highest BCUT2D eigenvalue weighted by Crippen LogP contribution is 2.46. The van der Waals surface area contributed by atoms with Gasteiger partial charge >= 0.3 is 0 Å². The van der Waals surface area contributed by atoms with E-state index in [2.05, 4.69) is 28.1 Å². The summed E-state index contributed by atoms with van der Waals surface area (Å²) in [5, 5.41) is 7.73. The number of hydrogen-bond donors (Lipinski definition) is 1. The molecule has 1 aromatic carbocycles. The van der Waals surface area contributed by atoms with Crippen LogP contribution in [0.5, 0.6) is 5.75 Å². The van der Waals surface area contributed by atoms with Crippen LogP contribution in [0.25, 0.3) is 0 Å². The molecule has 1 aliphatic carbocycles. The van der Waals surface area contributed by atoms with Crippen LogP contribution in [0, 0.1) is 25.2 Å². The van der Waals surface area contributed by atoms with Gasteiger partial charge in [-0.2, -0.15) is 5.10 Å². The zero-order valence-corrected chi connectivity index (χ0v) is 14.9. The molecular formula is C20H25N3O2. The van der Waals surface area contributed by atoms with Crippen molar-refractivity contribution in [1.82, 2.24) is 15.1 Å². The number of nitrogens with zero attached hydrogens (tertiary/aromatic N) is 2. The van der Waals surface area contributed by atoms with E-state index in [-0.39, 0.29) is 17.2 Å². The maximum Gasteiger partial charge on any atom is 0.226 e. The third-order valence-corrected chi connectivity index (χ3v) is 5.43. The van der Waals surface area contributed by atoms with Crippen molar-refractivity contribution in [3.63, 3.8) is 0 Å². The average molecular weight is 339 g/mol. The largest absolute Gasteiger partial charge is 0.492 e. The molecule has 5 nitrogen and oxygen atoms in total. The van der Waals surface area contributed by atoms with Crippen molar-refractivity contribution in [3.05, 3.63) is 47.3 Å². The van der Waals surface area contributed by atoms with Gasteiger partial charge < -0.3 is 10.1 Å². The Labute approximate surface area is 148 Å². The van der Waals surface area contributed by atoms with Gasteiger partial charge in [0.2, 0.25) is 5.91 Å². The number of aryl methyl sites for hydroxylation is 2. The van der Waals surface area contributed by atoms with E-state index in [0.717, 1.165) is 49.4 Å². The Hall–Kier alpha value is -2.30. The summed E-state index contributed by atoms with van der Waals surface area (Å²) in [4.78, 5) is 12.6. The number of carbonyl (C=O) groups is 1. The predicted octanol–water partition coefficient (Wildman–Crippen LogP) is 2.65. The zero-order valence-electron chi connectivity index (χ0n) is 14.9. The summed E-state index contributed by atoms with van der Waals surface area (Å²) in [6, 6.07) is 10.1. The van der Waals surface area contributed by atoms with E-state index >= 15 is 0 Å². The number of aromatic nitrogens is 2. The van der Waals surface area contributed by atoms with Gasteiger partial charge in [-0.15, -0.1) is 0 Å². The number of ether oxygens (including phenoxy) is 1. The third kappa shape index (κ3) is 3.41. The molecule has 1 N–H and O–H groups in total. The minimum Gasteiger partial charge on any atom is -0.492 e. The maximum absolute atomic E-state index is 12.6. The summed E-state index contributed by atoms with van der Waals surface area (Å²) >= 11 is 0. The van der Waals surface area contributed by atoms with E-state index in [9.17, 15) is 4.79 Å². The topological polar surface area (TPSA) is 56.2 Å². The van der Waals surface area contributed by atoms with Crippen molar-refractivity contribution >= 4 is 5.91 Å². The standard InChI is InChI=1S/C20H25N3O2/c1-14-9-15(2)23(22-14)13-20(7-8-20)12-21-19(24)17-10-16-5-3-4-6-18(16)25-11-17/h3-6,9,17H,7-8,10-13H2,1-2H3,(H,21,24)/t17-/m0/s1. The first-order valence-corrected chi connectivity index (χ1v) is 9.04. The number of fused-ring (bicyclic) bond motifs is 1. The van der Waals surface area contributed by atoms with Crippen LogP contribution in [0.15, 0.2) is 30.3 Å². The SMILES string of the molecule is Cc1cc(C)n(CC2(CNC(=O)[C@@H]3COc4ccccc4C3)CC2)n1. The minimum absolute atomic E-state index is 0.0978. The molecule has 1 fully saturated rings. The van der Waals surface area contributed by atoms with Crippen molar-refractivity contribution in [3.8, 4) is 5.75 Å². The molecule has 0 saturated heterocycles. The summed E-state index contributed by atoms with van der Waals surface area (Å²) in [6.07, 6.45) is 3.05.